The Labute approximate surface area is 242 Å². The summed E-state index contributed by atoms with van der Waals surface area (Å²) in [5.41, 5.74) is 11.0. The van der Waals surface area contributed by atoms with Crippen LogP contribution >= 0.6 is 11.6 Å². The molecule has 4 aromatic carbocycles. The Hall–Kier alpha value is -4.33. The number of para-hydroxylation sites is 1. The van der Waals surface area contributed by atoms with Crippen molar-refractivity contribution in [3.63, 3.8) is 0 Å². The van der Waals surface area contributed by atoms with Crippen LogP contribution in [-0.4, -0.2) is 35.1 Å². The van der Waals surface area contributed by atoms with Gasteiger partial charge in [0.05, 0.1) is 6.04 Å². The van der Waals surface area contributed by atoms with Gasteiger partial charge in [-0.05, 0) is 90.0 Å². The number of H-pyrrole nitrogens is 1. The summed E-state index contributed by atoms with van der Waals surface area (Å²) in [4.78, 5) is 19.3. The lowest BCUT2D eigenvalue weighted by Gasteiger charge is -2.32. The number of carbonyl (C=O) groups is 1. The van der Waals surface area contributed by atoms with E-state index >= 15 is 0 Å². The van der Waals surface area contributed by atoms with Gasteiger partial charge in [-0.2, -0.15) is 0 Å². The van der Waals surface area contributed by atoms with Crippen molar-refractivity contribution in [1.82, 2.24) is 10.3 Å². The first-order valence-electron chi connectivity index (χ1n) is 13.6. The third-order valence-corrected chi connectivity index (χ3v) is 7.92. The fourth-order valence-electron chi connectivity index (χ4n) is 5.46. The lowest BCUT2D eigenvalue weighted by molar-refractivity contribution is 0.0942. The second kappa shape index (κ2) is 11.3. The molecular formula is C33H30ClFN4O2. The number of nitrogens with two attached hydrogens (primary N) is 1. The number of hydrogen-bond donors (Lipinski definition) is 4. The highest BCUT2D eigenvalue weighted by atomic mass is 35.5. The molecule has 0 spiro atoms. The van der Waals surface area contributed by atoms with E-state index < -0.39 is 17.8 Å². The number of halogens is 2. The third-order valence-electron chi connectivity index (χ3n) is 7.70. The Balaban J connectivity index is 1.30. The van der Waals surface area contributed by atoms with E-state index in [-0.39, 0.29) is 17.4 Å². The van der Waals surface area contributed by atoms with Crippen LogP contribution in [0.1, 0.15) is 40.5 Å². The Morgan fingerprint density at radius 2 is 1.73 bits per heavy atom. The maximum atomic E-state index is 14.3. The van der Waals surface area contributed by atoms with Crippen LogP contribution in [0.3, 0.4) is 0 Å². The number of nitrogens with one attached hydrogen (secondary N) is 2. The number of anilines is 1. The van der Waals surface area contributed by atoms with E-state index in [9.17, 15) is 14.3 Å². The zero-order valence-electron chi connectivity index (χ0n) is 22.3. The molecule has 8 heteroatoms. The molecule has 208 valence electrons. The minimum atomic E-state index is -0.843. The molecule has 2 heterocycles. The molecule has 1 aromatic heterocycles. The number of benzene rings is 4. The number of phenolic OH excluding ortho intramolecular Hbond substituents is 1. The van der Waals surface area contributed by atoms with Crippen LogP contribution in [0, 0.1) is 5.82 Å². The highest BCUT2D eigenvalue weighted by molar-refractivity contribution is 6.31. The van der Waals surface area contributed by atoms with Gasteiger partial charge < -0.3 is 26.0 Å². The van der Waals surface area contributed by atoms with Gasteiger partial charge in [0.25, 0.3) is 5.91 Å². The molecule has 6 rings (SSSR count). The molecule has 1 atom stereocenters. The zero-order valence-corrected chi connectivity index (χ0v) is 23.0. The molecule has 1 aliphatic heterocycles. The number of piperidine rings is 1. The molecule has 5 N–H and O–H groups in total. The second-order valence-corrected chi connectivity index (χ2v) is 11.0. The molecule has 5 aromatic rings. The Morgan fingerprint density at radius 1 is 0.976 bits per heavy atom. The average Bonchev–Trinajstić information content (AvgIpc) is 3.41. The molecule has 41 heavy (non-hydrogen) atoms. The van der Waals surface area contributed by atoms with Crippen LogP contribution in [0.25, 0.3) is 22.0 Å². The summed E-state index contributed by atoms with van der Waals surface area (Å²) in [6.07, 6.45) is 1.95. The van der Waals surface area contributed by atoms with Gasteiger partial charge in [0.15, 0.2) is 0 Å². The third kappa shape index (κ3) is 5.78. The number of phenols is 1. The number of aromatic amines is 1. The fourth-order valence-corrected chi connectivity index (χ4v) is 5.69. The SMILES string of the molecule is NC1CCN(c2ccc(-c3cc(Cl)cc(C(=O)N[C@@H](c4cc5ccccc5[nH]4)c4cc(F)ccc4O)c3)cc2)CC1. The summed E-state index contributed by atoms with van der Waals surface area (Å²) in [6, 6.07) is 26.1. The Kier molecular flexibility index (Phi) is 7.39. The van der Waals surface area contributed by atoms with Gasteiger partial charge in [0.2, 0.25) is 0 Å². The summed E-state index contributed by atoms with van der Waals surface area (Å²) in [6.45, 7) is 1.86. The number of carbonyl (C=O) groups excluding carboxylic acids is 1. The van der Waals surface area contributed by atoms with Crippen molar-refractivity contribution >= 4 is 34.1 Å². The van der Waals surface area contributed by atoms with Crippen LogP contribution in [0.15, 0.2) is 91.0 Å². The van der Waals surface area contributed by atoms with Crippen molar-refractivity contribution < 1.29 is 14.3 Å². The zero-order chi connectivity index (χ0) is 28.5. The van der Waals surface area contributed by atoms with Gasteiger partial charge in [0.1, 0.15) is 11.6 Å². The molecular weight excluding hydrogens is 539 g/mol. The van der Waals surface area contributed by atoms with Crippen molar-refractivity contribution in [1.29, 1.82) is 0 Å². The lowest BCUT2D eigenvalue weighted by atomic mass is 9.99. The monoisotopic (exact) mass is 568 g/mol. The molecule has 1 saturated heterocycles. The molecule has 6 nitrogen and oxygen atoms in total. The average molecular weight is 569 g/mol. The molecule has 0 bridgehead atoms. The van der Waals surface area contributed by atoms with E-state index in [0.29, 0.717) is 16.3 Å². The first-order valence-corrected chi connectivity index (χ1v) is 14.0. The first-order chi connectivity index (χ1) is 19.8. The summed E-state index contributed by atoms with van der Waals surface area (Å²) < 4.78 is 14.3. The molecule has 0 unspecified atom stereocenters. The number of aromatic nitrogens is 1. The van der Waals surface area contributed by atoms with Gasteiger partial charge in [-0.25, -0.2) is 4.39 Å². The van der Waals surface area contributed by atoms with Gasteiger partial charge in [-0.15, -0.1) is 0 Å². The molecule has 0 saturated carbocycles. The van der Waals surface area contributed by atoms with Crippen LogP contribution in [0.4, 0.5) is 10.1 Å². The van der Waals surface area contributed by atoms with Crippen molar-refractivity contribution in [2.75, 3.05) is 18.0 Å². The number of amides is 1. The van der Waals surface area contributed by atoms with E-state index in [1.54, 1.807) is 12.1 Å². The number of fused-ring (bicyclic) bond motifs is 1. The summed E-state index contributed by atoms with van der Waals surface area (Å²) in [5, 5.41) is 15.0. The van der Waals surface area contributed by atoms with E-state index in [1.807, 2.05) is 48.5 Å². The fraction of sp³-hybridized carbons (Fsp3) is 0.182. The molecule has 0 radical (unpaired) electrons. The Morgan fingerprint density at radius 3 is 2.49 bits per heavy atom. The van der Waals surface area contributed by atoms with Gasteiger partial charge in [0, 0.05) is 52.2 Å². The highest BCUT2D eigenvalue weighted by Gasteiger charge is 2.24. The number of nitrogens with zero attached hydrogens (tertiary/aromatic N) is 1. The van der Waals surface area contributed by atoms with Crippen LogP contribution in [0.2, 0.25) is 5.02 Å². The topological polar surface area (TPSA) is 94.4 Å². The van der Waals surface area contributed by atoms with Crippen molar-refractivity contribution in [3.05, 3.63) is 119 Å². The molecule has 1 aliphatic rings. The predicted octanol–water partition coefficient (Wildman–Crippen LogP) is 6.78. The largest absolute Gasteiger partial charge is 0.508 e. The van der Waals surface area contributed by atoms with Crippen molar-refractivity contribution in [2.24, 2.45) is 5.73 Å². The number of hydrogen-bond acceptors (Lipinski definition) is 4. The summed E-state index contributed by atoms with van der Waals surface area (Å²) in [5.74, 6) is -1.06. The number of rotatable bonds is 6. The standard InChI is InChI=1S/C33H30ClFN4O2/c34-24-16-22(20-5-8-27(9-6-20)39-13-11-26(36)12-14-39)15-23(17-24)33(41)38-32(28-19-25(35)7-10-31(28)40)30-18-21-3-1-2-4-29(21)37-30/h1-10,15-19,26,32,37,40H,11-14,36H2,(H,38,41)/t32-/m1/s1. The van der Waals surface area contributed by atoms with E-state index in [2.05, 4.69) is 27.3 Å². The quantitative estimate of drug-likeness (QED) is 0.182. The maximum absolute atomic E-state index is 14.3. The van der Waals surface area contributed by atoms with E-state index in [4.69, 9.17) is 17.3 Å². The maximum Gasteiger partial charge on any atom is 0.252 e. The first kappa shape index (κ1) is 26.9. The molecule has 1 fully saturated rings. The lowest BCUT2D eigenvalue weighted by Crippen LogP contribution is -2.39. The van der Waals surface area contributed by atoms with Crippen LogP contribution in [0.5, 0.6) is 5.75 Å². The van der Waals surface area contributed by atoms with Gasteiger partial charge in [-0.1, -0.05) is 41.9 Å². The van der Waals surface area contributed by atoms with Gasteiger partial charge >= 0.3 is 0 Å². The molecule has 1 amide bonds. The molecule has 0 aliphatic carbocycles. The minimum Gasteiger partial charge on any atom is -0.508 e. The van der Waals surface area contributed by atoms with Crippen LogP contribution in [-0.2, 0) is 0 Å². The number of aromatic hydroxyl groups is 1. The van der Waals surface area contributed by atoms with E-state index in [0.717, 1.165) is 53.6 Å². The highest BCUT2D eigenvalue weighted by Crippen LogP contribution is 2.33. The smallest absolute Gasteiger partial charge is 0.252 e. The second-order valence-electron chi connectivity index (χ2n) is 10.5. The normalized spacial score (nSPS) is 14.8. The van der Waals surface area contributed by atoms with Crippen molar-refractivity contribution in [3.8, 4) is 16.9 Å². The minimum absolute atomic E-state index is 0.127. The summed E-state index contributed by atoms with van der Waals surface area (Å²) >= 11 is 6.48. The van der Waals surface area contributed by atoms with Crippen LogP contribution < -0.4 is 16.0 Å². The van der Waals surface area contributed by atoms with Gasteiger partial charge in [-0.3, -0.25) is 4.79 Å². The van der Waals surface area contributed by atoms with Crippen molar-refractivity contribution in [2.45, 2.75) is 24.9 Å². The predicted molar refractivity (Wildman–Crippen MR) is 162 cm³/mol. The Bertz CT molecular complexity index is 1680. The summed E-state index contributed by atoms with van der Waals surface area (Å²) in [7, 11) is 0. The van der Waals surface area contributed by atoms with E-state index in [1.165, 1.54) is 18.2 Å².